The molecular weight excluding hydrogens is 386 g/mol. The van der Waals surface area contributed by atoms with Gasteiger partial charge in [0.15, 0.2) is 0 Å². The van der Waals surface area contributed by atoms with Crippen LogP contribution in [0.3, 0.4) is 0 Å². The van der Waals surface area contributed by atoms with Crippen LogP contribution in [0.1, 0.15) is 56.0 Å². The maximum Gasteiger partial charge on any atom is 0.118 e. The normalized spacial score (nSPS) is 25.5. The van der Waals surface area contributed by atoms with Crippen LogP contribution < -0.4 is 4.74 Å². The minimum Gasteiger partial charge on any atom is -0.497 e. The Morgan fingerprint density at radius 2 is 1.97 bits per heavy atom. The van der Waals surface area contributed by atoms with Crippen molar-refractivity contribution in [1.82, 2.24) is 14.8 Å². The first kappa shape index (κ1) is 20.0. The topological polar surface area (TPSA) is 60.2 Å². The maximum absolute atomic E-state index is 11.1. The van der Waals surface area contributed by atoms with Crippen LogP contribution in [0.4, 0.5) is 0 Å². The summed E-state index contributed by atoms with van der Waals surface area (Å²) in [6, 6.07) is 11.8. The lowest BCUT2D eigenvalue weighted by molar-refractivity contribution is 0.0466. The smallest absolute Gasteiger partial charge is 0.118 e. The van der Waals surface area contributed by atoms with Crippen LogP contribution in [0.5, 0.6) is 5.75 Å². The molecule has 1 fully saturated rings. The third kappa shape index (κ3) is 3.19. The summed E-state index contributed by atoms with van der Waals surface area (Å²) in [4.78, 5) is 4.25. The number of aromatic nitrogens is 3. The molecule has 0 radical (unpaired) electrons. The first-order chi connectivity index (χ1) is 14.9. The second kappa shape index (κ2) is 7.34. The number of methoxy groups -OCH3 is 1. The Kier molecular flexibility index (Phi) is 4.74. The molecule has 0 spiro atoms. The van der Waals surface area contributed by atoms with Gasteiger partial charge in [0.05, 0.1) is 37.0 Å². The third-order valence-corrected chi connectivity index (χ3v) is 7.76. The summed E-state index contributed by atoms with van der Waals surface area (Å²) in [7, 11) is 1.66. The Balaban J connectivity index is 1.43. The lowest BCUT2D eigenvalue weighted by atomic mass is 9.59. The molecule has 3 aromatic rings. The Labute approximate surface area is 183 Å². The number of aliphatic hydroxyl groups excluding tert-OH is 1. The lowest BCUT2D eigenvalue weighted by Gasteiger charge is -2.45. The first-order valence-electron chi connectivity index (χ1n) is 10.9. The molecule has 2 aliphatic rings. The number of nitrogens with zero attached hydrogens (tertiary/aromatic N) is 3. The van der Waals surface area contributed by atoms with Gasteiger partial charge in [0.1, 0.15) is 5.75 Å². The summed E-state index contributed by atoms with van der Waals surface area (Å²) in [6.45, 7) is 4.72. The number of fused-ring (bicyclic) bond motifs is 2. The Morgan fingerprint density at radius 3 is 2.68 bits per heavy atom. The van der Waals surface area contributed by atoms with Crippen molar-refractivity contribution in [3.8, 4) is 11.4 Å². The molecule has 1 aromatic carbocycles. The molecule has 2 unspecified atom stereocenters. The molecule has 5 rings (SSSR count). The van der Waals surface area contributed by atoms with Crippen molar-refractivity contribution in [2.24, 2.45) is 10.8 Å². The standard InChI is InChI=1S/C26H29N3O2/c1-25(15-24(30)18-6-8-22(31-3)9-7-18)11-10-20-13-23-19(14-26(20,25)2)16-28-29(23)21-5-4-12-27-17-21/h4-9,12-13,16-17,24,30H,10-11,14-15H2,1-3H3/t24?,25?,26-/m0/s1. The first-order valence-corrected chi connectivity index (χ1v) is 10.9. The number of pyridine rings is 1. The van der Waals surface area contributed by atoms with Gasteiger partial charge >= 0.3 is 0 Å². The van der Waals surface area contributed by atoms with Crippen LogP contribution in [0.2, 0.25) is 0 Å². The third-order valence-electron chi connectivity index (χ3n) is 7.76. The van der Waals surface area contributed by atoms with E-state index in [9.17, 15) is 5.11 Å². The number of benzene rings is 1. The van der Waals surface area contributed by atoms with Crippen molar-refractivity contribution in [2.45, 2.75) is 45.6 Å². The number of hydrogen-bond acceptors (Lipinski definition) is 4. The van der Waals surface area contributed by atoms with Crippen molar-refractivity contribution >= 4 is 6.08 Å². The average Bonchev–Trinajstić information content (AvgIpc) is 3.30. The van der Waals surface area contributed by atoms with Gasteiger partial charge in [-0.15, -0.1) is 0 Å². The van der Waals surface area contributed by atoms with Gasteiger partial charge in [-0.3, -0.25) is 4.98 Å². The highest BCUT2D eigenvalue weighted by molar-refractivity contribution is 5.62. The molecule has 0 bridgehead atoms. The fourth-order valence-corrected chi connectivity index (χ4v) is 5.52. The van der Waals surface area contributed by atoms with Gasteiger partial charge in [-0.05, 0) is 78.0 Å². The van der Waals surface area contributed by atoms with Gasteiger partial charge < -0.3 is 9.84 Å². The van der Waals surface area contributed by atoms with Crippen LogP contribution in [0.25, 0.3) is 11.8 Å². The molecule has 31 heavy (non-hydrogen) atoms. The van der Waals surface area contributed by atoms with E-state index in [0.29, 0.717) is 0 Å². The fraction of sp³-hybridized carbons (Fsp3) is 0.385. The molecule has 5 heteroatoms. The second-order valence-corrected chi connectivity index (χ2v) is 9.41. The monoisotopic (exact) mass is 415 g/mol. The fourth-order valence-electron chi connectivity index (χ4n) is 5.52. The van der Waals surface area contributed by atoms with E-state index in [0.717, 1.165) is 42.7 Å². The van der Waals surface area contributed by atoms with E-state index in [1.165, 1.54) is 16.8 Å². The van der Waals surface area contributed by atoms with Crippen LogP contribution >= 0.6 is 0 Å². The lowest BCUT2D eigenvalue weighted by Crippen LogP contribution is -2.38. The molecule has 0 amide bonds. The van der Waals surface area contributed by atoms with Crippen LogP contribution in [0.15, 0.2) is 60.6 Å². The van der Waals surface area contributed by atoms with E-state index >= 15 is 0 Å². The van der Waals surface area contributed by atoms with Crippen LogP contribution in [-0.4, -0.2) is 27.0 Å². The second-order valence-electron chi connectivity index (χ2n) is 9.41. The molecule has 160 valence electrons. The zero-order chi connectivity index (χ0) is 21.6. The maximum atomic E-state index is 11.1. The van der Waals surface area contributed by atoms with E-state index in [1.807, 2.05) is 53.5 Å². The number of aliphatic hydroxyl groups is 1. The quantitative estimate of drug-likeness (QED) is 0.626. The van der Waals surface area contributed by atoms with Gasteiger partial charge in [-0.2, -0.15) is 5.10 Å². The summed E-state index contributed by atoms with van der Waals surface area (Å²) >= 11 is 0. The van der Waals surface area contributed by atoms with Crippen molar-refractivity contribution in [1.29, 1.82) is 0 Å². The Morgan fingerprint density at radius 1 is 1.16 bits per heavy atom. The SMILES string of the molecule is COc1ccc(C(O)CC2(C)CCC3=Cc4c(cnn4-c4cccnc4)C[C@@]32C)cc1. The average molecular weight is 416 g/mol. The number of ether oxygens (including phenoxy) is 1. The van der Waals surface area contributed by atoms with Crippen molar-refractivity contribution in [2.75, 3.05) is 7.11 Å². The number of allylic oxidation sites excluding steroid dienone is 1. The van der Waals surface area contributed by atoms with E-state index in [1.54, 1.807) is 13.3 Å². The van der Waals surface area contributed by atoms with Gasteiger partial charge in [-0.25, -0.2) is 4.68 Å². The molecule has 0 saturated heterocycles. The van der Waals surface area contributed by atoms with E-state index in [-0.39, 0.29) is 10.8 Å². The molecular formula is C26H29N3O2. The summed E-state index contributed by atoms with van der Waals surface area (Å²) in [6.07, 6.45) is 11.3. The number of hydrogen-bond donors (Lipinski definition) is 1. The molecule has 2 heterocycles. The van der Waals surface area contributed by atoms with Crippen molar-refractivity contribution in [3.63, 3.8) is 0 Å². The highest BCUT2D eigenvalue weighted by Gasteiger charge is 2.53. The molecule has 5 nitrogen and oxygen atoms in total. The summed E-state index contributed by atoms with van der Waals surface area (Å²) < 4.78 is 7.25. The minimum atomic E-state index is -0.494. The van der Waals surface area contributed by atoms with E-state index < -0.39 is 6.10 Å². The minimum absolute atomic E-state index is 0.00622. The summed E-state index contributed by atoms with van der Waals surface area (Å²) in [5, 5.41) is 15.7. The van der Waals surface area contributed by atoms with Crippen LogP contribution in [0, 0.1) is 10.8 Å². The molecule has 3 atom stereocenters. The molecule has 1 saturated carbocycles. The largest absolute Gasteiger partial charge is 0.497 e. The summed E-state index contributed by atoms with van der Waals surface area (Å²) in [5.41, 5.74) is 5.85. The van der Waals surface area contributed by atoms with E-state index in [2.05, 4.69) is 30.0 Å². The highest BCUT2D eigenvalue weighted by Crippen LogP contribution is 2.62. The summed E-state index contributed by atoms with van der Waals surface area (Å²) in [5.74, 6) is 0.811. The van der Waals surface area contributed by atoms with Crippen molar-refractivity contribution < 1.29 is 9.84 Å². The predicted molar refractivity (Wildman–Crippen MR) is 121 cm³/mol. The van der Waals surface area contributed by atoms with Gasteiger partial charge in [0.2, 0.25) is 0 Å². The predicted octanol–water partition coefficient (Wildman–Crippen LogP) is 5.15. The Bertz CT molecular complexity index is 1120. The van der Waals surface area contributed by atoms with Gasteiger partial charge in [-0.1, -0.05) is 31.6 Å². The van der Waals surface area contributed by atoms with Crippen LogP contribution in [-0.2, 0) is 6.42 Å². The van der Waals surface area contributed by atoms with Gasteiger partial charge in [0, 0.05) is 6.20 Å². The molecule has 1 N–H and O–H groups in total. The number of rotatable bonds is 5. The zero-order valence-corrected chi connectivity index (χ0v) is 18.4. The Hall–Kier alpha value is -2.92. The van der Waals surface area contributed by atoms with Crippen molar-refractivity contribution in [3.05, 3.63) is 77.4 Å². The highest BCUT2D eigenvalue weighted by atomic mass is 16.5. The zero-order valence-electron chi connectivity index (χ0n) is 18.4. The van der Waals surface area contributed by atoms with E-state index in [4.69, 9.17) is 4.74 Å². The molecule has 2 aromatic heterocycles. The molecule has 0 aliphatic heterocycles. The molecule has 2 aliphatic carbocycles. The van der Waals surface area contributed by atoms with Gasteiger partial charge in [0.25, 0.3) is 0 Å².